The smallest absolute Gasteiger partial charge is 0.256 e. The zero-order chi connectivity index (χ0) is 13.1. The highest BCUT2D eigenvalue weighted by Gasteiger charge is 2.12. The topological polar surface area (TPSA) is 55.1 Å². The van der Waals surface area contributed by atoms with Gasteiger partial charge in [0.2, 0.25) is 0 Å². The molecule has 0 bridgehead atoms. The van der Waals surface area contributed by atoms with Crippen molar-refractivity contribution < 1.29 is 9.18 Å². The number of halogens is 1. The van der Waals surface area contributed by atoms with Crippen molar-refractivity contribution in [3.05, 3.63) is 59.4 Å². The molecule has 18 heavy (non-hydrogen) atoms. The van der Waals surface area contributed by atoms with Gasteiger partial charge in [-0.05, 0) is 30.7 Å². The summed E-state index contributed by atoms with van der Waals surface area (Å²) in [6.45, 7) is 1.82. The molecule has 2 rings (SSSR count). The average Bonchev–Trinajstić information content (AvgIpc) is 2.34. The molecule has 0 aliphatic rings. The van der Waals surface area contributed by atoms with Crippen molar-refractivity contribution in [2.75, 3.05) is 11.1 Å². The Morgan fingerprint density at radius 1 is 1.17 bits per heavy atom. The van der Waals surface area contributed by atoms with E-state index in [2.05, 4.69) is 5.32 Å². The SMILES string of the molecule is Cc1ccccc1C(=O)Nc1c(N)cccc1F. The highest BCUT2D eigenvalue weighted by Crippen LogP contribution is 2.22. The van der Waals surface area contributed by atoms with Crippen LogP contribution in [0.25, 0.3) is 0 Å². The lowest BCUT2D eigenvalue weighted by molar-refractivity contribution is 0.102. The van der Waals surface area contributed by atoms with Crippen molar-refractivity contribution in [2.45, 2.75) is 6.92 Å². The fourth-order valence-electron chi connectivity index (χ4n) is 1.68. The predicted molar refractivity (Wildman–Crippen MR) is 69.9 cm³/mol. The van der Waals surface area contributed by atoms with Gasteiger partial charge in [-0.1, -0.05) is 24.3 Å². The van der Waals surface area contributed by atoms with E-state index in [1.807, 2.05) is 19.1 Å². The van der Waals surface area contributed by atoms with Gasteiger partial charge in [-0.3, -0.25) is 4.79 Å². The molecule has 2 aromatic rings. The van der Waals surface area contributed by atoms with E-state index in [-0.39, 0.29) is 17.3 Å². The Morgan fingerprint density at radius 2 is 1.89 bits per heavy atom. The number of hydrogen-bond donors (Lipinski definition) is 2. The quantitative estimate of drug-likeness (QED) is 0.798. The highest BCUT2D eigenvalue weighted by atomic mass is 19.1. The molecule has 0 heterocycles. The lowest BCUT2D eigenvalue weighted by Crippen LogP contribution is -2.15. The number of nitrogens with one attached hydrogen (secondary N) is 1. The molecular weight excluding hydrogens is 231 g/mol. The van der Waals surface area contributed by atoms with Crippen LogP contribution in [0, 0.1) is 12.7 Å². The summed E-state index contributed by atoms with van der Waals surface area (Å²) in [5.41, 5.74) is 7.18. The number of rotatable bonds is 2. The summed E-state index contributed by atoms with van der Waals surface area (Å²) in [5, 5.41) is 2.50. The van der Waals surface area contributed by atoms with Crippen molar-refractivity contribution >= 4 is 17.3 Å². The maximum atomic E-state index is 13.5. The van der Waals surface area contributed by atoms with Gasteiger partial charge in [0, 0.05) is 5.56 Å². The van der Waals surface area contributed by atoms with Gasteiger partial charge in [0.15, 0.2) is 0 Å². The van der Waals surface area contributed by atoms with E-state index in [1.54, 1.807) is 12.1 Å². The Bertz CT molecular complexity index is 576. The van der Waals surface area contributed by atoms with E-state index in [1.165, 1.54) is 18.2 Å². The van der Waals surface area contributed by atoms with Crippen LogP contribution in [-0.4, -0.2) is 5.91 Å². The minimum atomic E-state index is -0.545. The van der Waals surface area contributed by atoms with E-state index < -0.39 is 5.82 Å². The molecule has 0 atom stereocenters. The second kappa shape index (κ2) is 4.87. The number of carbonyl (C=O) groups excluding carboxylic acids is 1. The molecule has 0 radical (unpaired) electrons. The Labute approximate surface area is 104 Å². The molecule has 92 valence electrons. The molecule has 0 aliphatic carbocycles. The zero-order valence-electron chi connectivity index (χ0n) is 9.91. The molecule has 3 N–H and O–H groups in total. The summed E-state index contributed by atoms with van der Waals surface area (Å²) in [4.78, 5) is 12.0. The number of para-hydroxylation sites is 1. The molecule has 2 aromatic carbocycles. The monoisotopic (exact) mass is 244 g/mol. The van der Waals surface area contributed by atoms with Crippen molar-refractivity contribution in [3.8, 4) is 0 Å². The molecule has 0 aromatic heterocycles. The summed E-state index contributed by atoms with van der Waals surface area (Å²) >= 11 is 0. The number of amides is 1. The molecule has 0 fully saturated rings. The summed E-state index contributed by atoms with van der Waals surface area (Å²) < 4.78 is 13.5. The first-order chi connectivity index (χ1) is 8.59. The van der Waals surface area contributed by atoms with Crippen LogP contribution in [0.15, 0.2) is 42.5 Å². The van der Waals surface area contributed by atoms with Gasteiger partial charge in [0.05, 0.1) is 5.69 Å². The molecule has 0 saturated heterocycles. The van der Waals surface area contributed by atoms with Gasteiger partial charge in [-0.15, -0.1) is 0 Å². The van der Waals surface area contributed by atoms with E-state index in [0.29, 0.717) is 5.56 Å². The number of carbonyl (C=O) groups is 1. The minimum Gasteiger partial charge on any atom is -0.397 e. The van der Waals surface area contributed by atoms with E-state index in [0.717, 1.165) is 5.56 Å². The highest BCUT2D eigenvalue weighted by molar-refractivity contribution is 6.06. The maximum Gasteiger partial charge on any atom is 0.256 e. The summed E-state index contributed by atoms with van der Waals surface area (Å²) in [7, 11) is 0. The van der Waals surface area contributed by atoms with Crippen LogP contribution >= 0.6 is 0 Å². The summed E-state index contributed by atoms with van der Waals surface area (Å²) in [6.07, 6.45) is 0. The van der Waals surface area contributed by atoms with Gasteiger partial charge in [0.25, 0.3) is 5.91 Å². The summed E-state index contributed by atoms with van der Waals surface area (Å²) in [5.74, 6) is -0.915. The van der Waals surface area contributed by atoms with Crippen molar-refractivity contribution in [2.24, 2.45) is 0 Å². The number of hydrogen-bond acceptors (Lipinski definition) is 2. The number of nitrogens with two attached hydrogens (primary N) is 1. The van der Waals surface area contributed by atoms with Crippen LogP contribution < -0.4 is 11.1 Å². The lowest BCUT2D eigenvalue weighted by Gasteiger charge is -2.10. The third kappa shape index (κ3) is 2.32. The number of anilines is 2. The van der Waals surface area contributed by atoms with Crippen LogP contribution in [0.1, 0.15) is 15.9 Å². The van der Waals surface area contributed by atoms with E-state index >= 15 is 0 Å². The Hall–Kier alpha value is -2.36. The molecule has 0 spiro atoms. The predicted octanol–water partition coefficient (Wildman–Crippen LogP) is 2.97. The van der Waals surface area contributed by atoms with Crippen LogP contribution in [0.2, 0.25) is 0 Å². The van der Waals surface area contributed by atoms with Crippen molar-refractivity contribution in [3.63, 3.8) is 0 Å². The minimum absolute atomic E-state index is 0.0192. The van der Waals surface area contributed by atoms with Crippen LogP contribution in [0.4, 0.5) is 15.8 Å². The average molecular weight is 244 g/mol. The molecule has 3 nitrogen and oxygen atoms in total. The summed E-state index contributed by atoms with van der Waals surface area (Å²) in [6, 6.07) is 11.4. The number of aryl methyl sites for hydroxylation is 1. The third-order valence-corrected chi connectivity index (χ3v) is 2.67. The Balaban J connectivity index is 2.30. The number of benzene rings is 2. The first kappa shape index (κ1) is 12.1. The molecule has 0 saturated carbocycles. The fraction of sp³-hybridized carbons (Fsp3) is 0.0714. The van der Waals surface area contributed by atoms with Gasteiger partial charge in [-0.25, -0.2) is 4.39 Å². The largest absolute Gasteiger partial charge is 0.397 e. The molecule has 0 aliphatic heterocycles. The second-order valence-electron chi connectivity index (χ2n) is 3.97. The van der Waals surface area contributed by atoms with Gasteiger partial charge in [-0.2, -0.15) is 0 Å². The van der Waals surface area contributed by atoms with Crippen LogP contribution in [-0.2, 0) is 0 Å². The van der Waals surface area contributed by atoms with Crippen molar-refractivity contribution in [1.29, 1.82) is 0 Å². The normalized spacial score (nSPS) is 10.1. The third-order valence-electron chi connectivity index (χ3n) is 2.67. The first-order valence-electron chi connectivity index (χ1n) is 5.50. The fourth-order valence-corrected chi connectivity index (χ4v) is 1.68. The molecule has 4 heteroatoms. The zero-order valence-corrected chi connectivity index (χ0v) is 9.91. The van der Waals surface area contributed by atoms with Gasteiger partial charge < -0.3 is 11.1 Å². The Kier molecular flexibility index (Phi) is 3.28. The molecule has 1 amide bonds. The first-order valence-corrected chi connectivity index (χ1v) is 5.50. The maximum absolute atomic E-state index is 13.5. The van der Waals surface area contributed by atoms with Gasteiger partial charge >= 0.3 is 0 Å². The van der Waals surface area contributed by atoms with E-state index in [4.69, 9.17) is 5.73 Å². The van der Waals surface area contributed by atoms with Crippen LogP contribution in [0.5, 0.6) is 0 Å². The second-order valence-corrected chi connectivity index (χ2v) is 3.97. The van der Waals surface area contributed by atoms with Crippen LogP contribution in [0.3, 0.4) is 0 Å². The van der Waals surface area contributed by atoms with E-state index in [9.17, 15) is 9.18 Å². The van der Waals surface area contributed by atoms with Crippen molar-refractivity contribution in [1.82, 2.24) is 0 Å². The van der Waals surface area contributed by atoms with Gasteiger partial charge in [0.1, 0.15) is 11.5 Å². The lowest BCUT2D eigenvalue weighted by atomic mass is 10.1. The Morgan fingerprint density at radius 3 is 2.56 bits per heavy atom. The molecular formula is C14H13FN2O. The number of nitrogen functional groups attached to an aromatic ring is 1. The molecule has 0 unspecified atom stereocenters. The standard InChI is InChI=1S/C14H13FN2O/c1-9-5-2-3-6-10(9)14(18)17-13-11(15)7-4-8-12(13)16/h2-8H,16H2,1H3,(H,17,18).